The van der Waals surface area contributed by atoms with Crippen LogP contribution in [0.5, 0.6) is 0 Å². The number of hydrogen-bond donors (Lipinski definition) is 2. The first kappa shape index (κ1) is 20.3. The van der Waals surface area contributed by atoms with E-state index in [0.29, 0.717) is 11.3 Å². The summed E-state index contributed by atoms with van der Waals surface area (Å²) in [6, 6.07) is 11.3. The van der Waals surface area contributed by atoms with Gasteiger partial charge in [0.25, 0.3) is 5.91 Å². The van der Waals surface area contributed by atoms with Crippen LogP contribution >= 0.6 is 0 Å². The fraction of sp³-hybridized carbons (Fsp3) is 0.167. The second-order valence-electron chi connectivity index (χ2n) is 5.71. The number of carbonyl (C=O) groups excluding carboxylic acids is 3. The largest absolute Gasteiger partial charge is 0.449 e. The molecule has 27 heavy (non-hydrogen) atoms. The van der Waals surface area contributed by atoms with Crippen molar-refractivity contribution in [2.75, 3.05) is 5.32 Å². The average molecular weight is 390 g/mol. The van der Waals surface area contributed by atoms with Crippen LogP contribution in [0.15, 0.2) is 53.4 Å². The molecule has 0 bridgehead atoms. The number of carbonyl (C=O) groups is 3. The fourth-order valence-electron chi connectivity index (χ4n) is 2.20. The van der Waals surface area contributed by atoms with Crippen LogP contribution in [0.3, 0.4) is 0 Å². The van der Waals surface area contributed by atoms with Crippen molar-refractivity contribution in [3.05, 3.63) is 59.7 Å². The molecule has 1 amide bonds. The third kappa shape index (κ3) is 5.22. The lowest BCUT2D eigenvalue weighted by atomic mass is 10.1. The van der Waals surface area contributed by atoms with Crippen LogP contribution in [-0.4, -0.2) is 32.2 Å². The lowest BCUT2D eigenvalue weighted by Crippen LogP contribution is -2.30. The SMILES string of the molecule is CC(=O)c1ccccc1NC(=O)C(C)OC(=O)c1ccc(S(N)(=O)=O)cc1. The molecule has 1 atom stereocenters. The van der Waals surface area contributed by atoms with E-state index >= 15 is 0 Å². The minimum absolute atomic E-state index is 0.0613. The van der Waals surface area contributed by atoms with Gasteiger partial charge in [-0.05, 0) is 50.2 Å². The van der Waals surface area contributed by atoms with E-state index in [1.807, 2.05) is 0 Å². The molecule has 2 aromatic carbocycles. The molecule has 0 fully saturated rings. The van der Waals surface area contributed by atoms with Gasteiger partial charge in [-0.1, -0.05) is 12.1 Å². The highest BCUT2D eigenvalue weighted by Crippen LogP contribution is 2.17. The number of primary sulfonamides is 1. The van der Waals surface area contributed by atoms with Crippen LogP contribution in [0.25, 0.3) is 0 Å². The average Bonchev–Trinajstić information content (AvgIpc) is 2.61. The Morgan fingerprint density at radius 1 is 1.04 bits per heavy atom. The number of ketones is 1. The van der Waals surface area contributed by atoms with Crippen LogP contribution in [0.4, 0.5) is 5.69 Å². The van der Waals surface area contributed by atoms with E-state index in [0.717, 1.165) is 0 Å². The molecule has 1 unspecified atom stereocenters. The standard InChI is InChI=1S/C18H18N2O6S/c1-11(21)15-5-3-4-6-16(15)20-17(22)12(2)26-18(23)13-7-9-14(10-8-13)27(19,24)25/h3-10,12H,1-2H3,(H,20,22)(H2,19,24,25). The molecule has 2 aromatic rings. The topological polar surface area (TPSA) is 133 Å². The summed E-state index contributed by atoms with van der Waals surface area (Å²) in [6.07, 6.45) is -1.14. The number of benzene rings is 2. The molecule has 8 nitrogen and oxygen atoms in total. The maximum atomic E-state index is 12.2. The van der Waals surface area contributed by atoms with Gasteiger partial charge in [-0.15, -0.1) is 0 Å². The zero-order chi connectivity index (χ0) is 20.2. The summed E-state index contributed by atoms with van der Waals surface area (Å²) in [5.41, 5.74) is 0.713. The summed E-state index contributed by atoms with van der Waals surface area (Å²) in [7, 11) is -3.87. The van der Waals surface area contributed by atoms with Gasteiger partial charge < -0.3 is 10.1 Å². The Balaban J connectivity index is 2.06. The van der Waals surface area contributed by atoms with Crippen molar-refractivity contribution in [3.63, 3.8) is 0 Å². The second kappa shape index (κ2) is 8.11. The predicted molar refractivity (Wildman–Crippen MR) is 97.8 cm³/mol. The Kier molecular flexibility index (Phi) is 6.09. The van der Waals surface area contributed by atoms with Gasteiger partial charge in [0.1, 0.15) is 0 Å². The number of esters is 1. The zero-order valence-corrected chi connectivity index (χ0v) is 15.4. The molecule has 0 aliphatic carbocycles. The minimum atomic E-state index is -3.87. The van der Waals surface area contributed by atoms with Crippen LogP contribution < -0.4 is 10.5 Å². The first-order chi connectivity index (χ1) is 12.6. The summed E-state index contributed by atoms with van der Waals surface area (Å²) in [5.74, 6) is -1.64. The first-order valence-electron chi connectivity index (χ1n) is 7.84. The molecule has 0 spiro atoms. The Labute approximate surface area is 156 Å². The Morgan fingerprint density at radius 3 is 2.19 bits per heavy atom. The van der Waals surface area contributed by atoms with Crippen molar-refractivity contribution in [1.82, 2.24) is 0 Å². The first-order valence-corrected chi connectivity index (χ1v) is 9.39. The van der Waals surface area contributed by atoms with E-state index in [1.54, 1.807) is 24.3 Å². The lowest BCUT2D eigenvalue weighted by Gasteiger charge is -2.15. The Hall–Kier alpha value is -3.04. The quantitative estimate of drug-likeness (QED) is 0.570. The van der Waals surface area contributed by atoms with E-state index in [1.165, 1.54) is 38.1 Å². The van der Waals surface area contributed by atoms with Gasteiger partial charge in [0.15, 0.2) is 11.9 Å². The minimum Gasteiger partial charge on any atom is -0.449 e. The van der Waals surface area contributed by atoms with Gasteiger partial charge in [0.2, 0.25) is 10.0 Å². The summed E-state index contributed by atoms with van der Waals surface area (Å²) >= 11 is 0. The summed E-state index contributed by atoms with van der Waals surface area (Å²) in [6.45, 7) is 2.75. The maximum Gasteiger partial charge on any atom is 0.338 e. The predicted octanol–water partition coefficient (Wildman–Crippen LogP) is 1.72. The monoisotopic (exact) mass is 390 g/mol. The number of nitrogens with one attached hydrogen (secondary N) is 1. The molecule has 9 heteroatoms. The van der Waals surface area contributed by atoms with Crippen molar-refractivity contribution < 1.29 is 27.5 Å². The van der Waals surface area contributed by atoms with Gasteiger partial charge in [0.05, 0.1) is 16.1 Å². The molecular weight excluding hydrogens is 372 g/mol. The molecular formula is C18H18N2O6S. The molecule has 0 heterocycles. The summed E-state index contributed by atoms with van der Waals surface area (Å²) in [5, 5.41) is 7.53. The number of Topliss-reactive ketones (excluding diaryl/α,β-unsaturated/α-hetero) is 1. The highest BCUT2D eigenvalue weighted by Gasteiger charge is 2.21. The van der Waals surface area contributed by atoms with Crippen molar-refractivity contribution in [1.29, 1.82) is 0 Å². The maximum absolute atomic E-state index is 12.2. The van der Waals surface area contributed by atoms with Gasteiger partial charge in [0, 0.05) is 5.56 Å². The number of sulfonamides is 1. The van der Waals surface area contributed by atoms with Crippen LogP contribution in [0.2, 0.25) is 0 Å². The smallest absolute Gasteiger partial charge is 0.338 e. The normalized spacial score (nSPS) is 12.1. The van der Waals surface area contributed by atoms with E-state index in [2.05, 4.69) is 5.32 Å². The fourth-order valence-corrected chi connectivity index (χ4v) is 2.71. The molecule has 2 rings (SSSR count). The van der Waals surface area contributed by atoms with Crippen LogP contribution in [0.1, 0.15) is 34.6 Å². The number of para-hydroxylation sites is 1. The molecule has 0 aliphatic heterocycles. The third-order valence-electron chi connectivity index (χ3n) is 3.64. The summed E-state index contributed by atoms with van der Waals surface area (Å²) < 4.78 is 27.5. The van der Waals surface area contributed by atoms with Crippen molar-refractivity contribution >= 4 is 33.4 Å². The van der Waals surface area contributed by atoms with Gasteiger partial charge in [-0.25, -0.2) is 18.4 Å². The highest BCUT2D eigenvalue weighted by molar-refractivity contribution is 7.89. The Morgan fingerprint density at radius 2 is 1.63 bits per heavy atom. The molecule has 0 saturated carbocycles. The Bertz CT molecular complexity index is 983. The molecule has 3 N–H and O–H groups in total. The van der Waals surface area contributed by atoms with Crippen molar-refractivity contribution in [2.24, 2.45) is 5.14 Å². The third-order valence-corrected chi connectivity index (χ3v) is 4.57. The molecule has 0 aliphatic rings. The summed E-state index contributed by atoms with van der Waals surface area (Å²) in [4.78, 5) is 35.8. The second-order valence-corrected chi connectivity index (χ2v) is 7.27. The lowest BCUT2D eigenvalue weighted by molar-refractivity contribution is -0.123. The zero-order valence-electron chi connectivity index (χ0n) is 14.6. The van der Waals surface area contributed by atoms with Crippen LogP contribution in [-0.2, 0) is 19.6 Å². The number of nitrogens with two attached hydrogens (primary N) is 1. The molecule has 0 saturated heterocycles. The number of ether oxygens (including phenoxy) is 1. The number of anilines is 1. The van der Waals surface area contributed by atoms with Crippen LogP contribution in [0, 0.1) is 0 Å². The van der Waals surface area contributed by atoms with Gasteiger partial charge in [-0.3, -0.25) is 9.59 Å². The van der Waals surface area contributed by atoms with E-state index in [9.17, 15) is 22.8 Å². The number of rotatable bonds is 6. The molecule has 0 radical (unpaired) electrons. The number of hydrogen-bond acceptors (Lipinski definition) is 6. The molecule has 142 valence electrons. The number of amides is 1. The van der Waals surface area contributed by atoms with Crippen molar-refractivity contribution in [3.8, 4) is 0 Å². The van der Waals surface area contributed by atoms with E-state index in [4.69, 9.17) is 9.88 Å². The van der Waals surface area contributed by atoms with Gasteiger partial charge >= 0.3 is 5.97 Å². The van der Waals surface area contributed by atoms with Gasteiger partial charge in [-0.2, -0.15) is 0 Å². The van der Waals surface area contributed by atoms with Crippen molar-refractivity contribution in [2.45, 2.75) is 24.8 Å². The van der Waals surface area contributed by atoms with E-state index in [-0.39, 0.29) is 16.2 Å². The van der Waals surface area contributed by atoms with E-state index < -0.39 is 28.0 Å². The highest BCUT2D eigenvalue weighted by atomic mass is 32.2. The molecule has 0 aromatic heterocycles.